The molecule has 2 N–H and O–H groups in total. The molecule has 9 heteroatoms. The van der Waals surface area contributed by atoms with Crippen molar-refractivity contribution >= 4 is 29.0 Å². The normalized spacial score (nSPS) is 10.7. The largest absolute Gasteiger partial charge is 0.490 e. The molecular weight excluding hydrogens is 404 g/mol. The molecule has 0 bridgehead atoms. The Labute approximate surface area is 178 Å². The van der Waals surface area contributed by atoms with Crippen molar-refractivity contribution in [1.82, 2.24) is 19.9 Å². The molecule has 0 unspecified atom stereocenters. The standard InChI is InChI=1S/C21H24N4O4S/c1-3-28-17-11-15-16(12-18(17)29-4-2)24-21(30)25(20(15)27)10-8-19(26)23-13-14-7-5-6-9-22-14/h5-7,9,11-12H,3-4,8,10,13H2,1-2H3,(H,23,26)(H,24,30). The number of nitrogens with one attached hydrogen (secondary N) is 2. The average Bonchev–Trinajstić information content (AvgIpc) is 2.74. The first kappa shape index (κ1) is 21.5. The average molecular weight is 429 g/mol. The summed E-state index contributed by atoms with van der Waals surface area (Å²) < 4.78 is 12.8. The number of ether oxygens (including phenoxy) is 2. The summed E-state index contributed by atoms with van der Waals surface area (Å²) in [5, 5.41) is 3.22. The molecular formula is C21H24N4O4S. The maximum Gasteiger partial charge on any atom is 0.262 e. The molecule has 0 spiro atoms. The van der Waals surface area contributed by atoms with E-state index in [1.165, 1.54) is 4.57 Å². The number of carbonyl (C=O) groups is 1. The summed E-state index contributed by atoms with van der Waals surface area (Å²) in [6, 6.07) is 8.86. The van der Waals surface area contributed by atoms with Gasteiger partial charge in [-0.05, 0) is 44.3 Å². The van der Waals surface area contributed by atoms with Gasteiger partial charge in [0.25, 0.3) is 5.56 Å². The predicted molar refractivity (Wildman–Crippen MR) is 116 cm³/mol. The van der Waals surface area contributed by atoms with Crippen molar-refractivity contribution in [2.45, 2.75) is 33.4 Å². The third kappa shape index (κ3) is 5.04. The van der Waals surface area contributed by atoms with E-state index in [9.17, 15) is 9.59 Å². The molecule has 0 radical (unpaired) electrons. The number of hydrogen-bond acceptors (Lipinski definition) is 6. The molecule has 2 heterocycles. The molecule has 0 atom stereocenters. The molecule has 30 heavy (non-hydrogen) atoms. The van der Waals surface area contributed by atoms with Gasteiger partial charge in [-0.3, -0.25) is 19.1 Å². The second-order valence-electron chi connectivity index (χ2n) is 6.45. The molecule has 0 fully saturated rings. The highest BCUT2D eigenvalue weighted by molar-refractivity contribution is 7.71. The van der Waals surface area contributed by atoms with Gasteiger partial charge in [0.15, 0.2) is 16.3 Å². The number of pyridine rings is 1. The third-order valence-corrected chi connectivity index (χ3v) is 4.72. The topological polar surface area (TPSA) is 98.2 Å². The van der Waals surface area contributed by atoms with Crippen LogP contribution in [0.3, 0.4) is 0 Å². The van der Waals surface area contributed by atoms with Gasteiger partial charge in [0.1, 0.15) is 0 Å². The zero-order valence-electron chi connectivity index (χ0n) is 16.9. The maximum atomic E-state index is 13.0. The number of aromatic nitrogens is 3. The van der Waals surface area contributed by atoms with E-state index in [1.807, 2.05) is 32.0 Å². The van der Waals surface area contributed by atoms with Crippen LogP contribution in [0.15, 0.2) is 41.3 Å². The lowest BCUT2D eigenvalue weighted by molar-refractivity contribution is -0.121. The van der Waals surface area contributed by atoms with Crippen molar-refractivity contribution in [3.63, 3.8) is 0 Å². The van der Waals surface area contributed by atoms with Crippen LogP contribution >= 0.6 is 12.2 Å². The Morgan fingerprint density at radius 2 is 1.93 bits per heavy atom. The zero-order valence-corrected chi connectivity index (χ0v) is 17.8. The molecule has 158 valence electrons. The Hall–Kier alpha value is -3.20. The first-order valence-corrected chi connectivity index (χ1v) is 10.2. The molecule has 0 saturated carbocycles. The van der Waals surface area contributed by atoms with Crippen LogP contribution in [-0.2, 0) is 17.9 Å². The van der Waals surface area contributed by atoms with Gasteiger partial charge in [0, 0.05) is 25.2 Å². The van der Waals surface area contributed by atoms with Crippen LogP contribution in [0.25, 0.3) is 10.9 Å². The molecule has 0 saturated heterocycles. The van der Waals surface area contributed by atoms with Gasteiger partial charge < -0.3 is 19.8 Å². The first-order chi connectivity index (χ1) is 14.5. The van der Waals surface area contributed by atoms with Crippen molar-refractivity contribution in [3.05, 3.63) is 57.3 Å². The third-order valence-electron chi connectivity index (χ3n) is 4.40. The lowest BCUT2D eigenvalue weighted by atomic mass is 10.2. The van der Waals surface area contributed by atoms with E-state index < -0.39 is 0 Å². The summed E-state index contributed by atoms with van der Waals surface area (Å²) in [5.41, 5.74) is 1.04. The molecule has 3 aromatic rings. The van der Waals surface area contributed by atoms with Gasteiger partial charge >= 0.3 is 0 Å². The molecule has 2 aromatic heterocycles. The first-order valence-electron chi connectivity index (χ1n) is 9.76. The van der Waals surface area contributed by atoms with E-state index in [0.717, 1.165) is 5.69 Å². The van der Waals surface area contributed by atoms with Crippen LogP contribution in [0.4, 0.5) is 0 Å². The number of amides is 1. The van der Waals surface area contributed by atoms with Crippen molar-refractivity contribution in [2.75, 3.05) is 13.2 Å². The second-order valence-corrected chi connectivity index (χ2v) is 6.83. The molecule has 0 aliphatic rings. The van der Waals surface area contributed by atoms with Gasteiger partial charge in [-0.1, -0.05) is 6.07 Å². The van der Waals surface area contributed by atoms with E-state index >= 15 is 0 Å². The molecule has 0 aliphatic carbocycles. The van der Waals surface area contributed by atoms with E-state index in [-0.39, 0.29) is 29.2 Å². The molecule has 8 nitrogen and oxygen atoms in total. The van der Waals surface area contributed by atoms with E-state index in [2.05, 4.69) is 15.3 Å². The van der Waals surface area contributed by atoms with Crippen molar-refractivity contribution in [2.24, 2.45) is 0 Å². The highest BCUT2D eigenvalue weighted by Gasteiger charge is 2.13. The maximum absolute atomic E-state index is 13.0. The minimum absolute atomic E-state index is 0.116. The molecule has 0 aliphatic heterocycles. The molecule has 1 amide bonds. The van der Waals surface area contributed by atoms with Crippen LogP contribution in [0.5, 0.6) is 11.5 Å². The summed E-state index contributed by atoms with van der Waals surface area (Å²) >= 11 is 5.35. The lowest BCUT2D eigenvalue weighted by Crippen LogP contribution is -2.28. The number of carbonyl (C=O) groups excluding carboxylic acids is 1. The highest BCUT2D eigenvalue weighted by Crippen LogP contribution is 2.30. The van der Waals surface area contributed by atoms with Crippen LogP contribution in [-0.4, -0.2) is 33.7 Å². The van der Waals surface area contributed by atoms with E-state index in [0.29, 0.717) is 42.2 Å². The fraction of sp³-hybridized carbons (Fsp3) is 0.333. The zero-order chi connectivity index (χ0) is 21.5. The van der Waals surface area contributed by atoms with Crippen LogP contribution in [0.1, 0.15) is 26.0 Å². The Morgan fingerprint density at radius 1 is 1.20 bits per heavy atom. The van der Waals surface area contributed by atoms with Gasteiger partial charge in [0.05, 0.1) is 36.4 Å². The Kier molecular flexibility index (Phi) is 7.18. The fourth-order valence-corrected chi connectivity index (χ4v) is 3.28. The minimum Gasteiger partial charge on any atom is -0.490 e. The van der Waals surface area contributed by atoms with Gasteiger partial charge in [-0.15, -0.1) is 0 Å². The summed E-state index contributed by atoms with van der Waals surface area (Å²) in [7, 11) is 0. The quantitative estimate of drug-likeness (QED) is 0.509. The highest BCUT2D eigenvalue weighted by atomic mass is 32.1. The summed E-state index contributed by atoms with van der Waals surface area (Å²) in [5.74, 6) is 0.849. The number of benzene rings is 1. The summed E-state index contributed by atoms with van der Waals surface area (Å²) in [4.78, 5) is 32.4. The monoisotopic (exact) mass is 428 g/mol. The number of hydrogen-bond donors (Lipinski definition) is 2. The van der Waals surface area contributed by atoms with Crippen LogP contribution in [0.2, 0.25) is 0 Å². The fourth-order valence-electron chi connectivity index (χ4n) is 2.99. The van der Waals surface area contributed by atoms with E-state index in [1.54, 1.807) is 18.3 Å². The van der Waals surface area contributed by atoms with Crippen molar-refractivity contribution in [3.8, 4) is 11.5 Å². The number of nitrogens with zero attached hydrogens (tertiary/aromatic N) is 2. The van der Waals surface area contributed by atoms with Crippen LogP contribution < -0.4 is 20.3 Å². The summed E-state index contributed by atoms with van der Waals surface area (Å²) in [6.07, 6.45) is 1.79. The molecule has 3 rings (SSSR count). The SMILES string of the molecule is CCOc1cc2[nH]c(=S)n(CCC(=O)NCc3ccccn3)c(=O)c2cc1OCC. The van der Waals surface area contributed by atoms with Gasteiger partial charge in [-0.25, -0.2) is 0 Å². The Morgan fingerprint density at radius 3 is 2.60 bits per heavy atom. The second kappa shape index (κ2) is 10.0. The number of aromatic amines is 1. The number of rotatable bonds is 9. The van der Waals surface area contributed by atoms with Crippen molar-refractivity contribution < 1.29 is 14.3 Å². The smallest absolute Gasteiger partial charge is 0.262 e. The van der Waals surface area contributed by atoms with Crippen molar-refractivity contribution in [1.29, 1.82) is 0 Å². The van der Waals surface area contributed by atoms with Gasteiger partial charge in [0.2, 0.25) is 5.91 Å². The van der Waals surface area contributed by atoms with Gasteiger partial charge in [-0.2, -0.15) is 0 Å². The molecule has 1 aromatic carbocycles. The Bertz CT molecular complexity index is 1140. The summed E-state index contributed by atoms with van der Waals surface area (Å²) in [6.45, 7) is 5.14. The van der Waals surface area contributed by atoms with Crippen LogP contribution in [0, 0.1) is 4.77 Å². The van der Waals surface area contributed by atoms with E-state index in [4.69, 9.17) is 21.7 Å². The number of fused-ring (bicyclic) bond motifs is 1. The lowest BCUT2D eigenvalue weighted by Gasteiger charge is -2.13. The Balaban J connectivity index is 1.80. The number of H-pyrrole nitrogens is 1. The predicted octanol–water partition coefficient (Wildman–Crippen LogP) is 2.96. The minimum atomic E-state index is -0.282.